The second-order valence-corrected chi connectivity index (χ2v) is 7.08. The second-order valence-electron chi connectivity index (χ2n) is 7.08. The summed E-state index contributed by atoms with van der Waals surface area (Å²) in [6.07, 6.45) is 0.901. The van der Waals surface area contributed by atoms with Gasteiger partial charge in [0, 0.05) is 7.11 Å². The highest BCUT2D eigenvalue weighted by Crippen LogP contribution is 2.60. The van der Waals surface area contributed by atoms with Gasteiger partial charge in [0.2, 0.25) is 5.83 Å². The largest absolute Gasteiger partial charge is 0.464 e. The Kier molecular flexibility index (Phi) is 6.67. The summed E-state index contributed by atoms with van der Waals surface area (Å²) < 4.78 is 83.2. The van der Waals surface area contributed by atoms with E-state index in [2.05, 4.69) is 9.47 Å². The van der Waals surface area contributed by atoms with Gasteiger partial charge in [-0.25, -0.2) is 22.4 Å². The van der Waals surface area contributed by atoms with Crippen LogP contribution in [-0.4, -0.2) is 26.2 Å². The number of rotatable bonds is 7. The first kappa shape index (κ1) is 22.8. The highest BCUT2D eigenvalue weighted by molar-refractivity contribution is 5.86. The van der Waals surface area contributed by atoms with E-state index in [1.807, 2.05) is 0 Å². The highest BCUT2D eigenvalue weighted by atomic mass is 19.2. The van der Waals surface area contributed by atoms with Crippen molar-refractivity contribution in [2.24, 2.45) is 17.3 Å². The van der Waals surface area contributed by atoms with Gasteiger partial charge in [0.25, 0.3) is 0 Å². The van der Waals surface area contributed by atoms with E-state index in [-0.39, 0.29) is 0 Å². The minimum absolute atomic E-state index is 0.693. The number of ether oxygens (including phenoxy) is 3. The van der Waals surface area contributed by atoms with E-state index in [0.717, 1.165) is 20.3 Å². The summed E-state index contributed by atoms with van der Waals surface area (Å²) in [7, 11) is 2.08. The van der Waals surface area contributed by atoms with Gasteiger partial charge >= 0.3 is 11.9 Å². The number of methoxy groups -OCH3 is 2. The van der Waals surface area contributed by atoms with Crippen molar-refractivity contribution in [3.8, 4) is 0 Å². The van der Waals surface area contributed by atoms with Gasteiger partial charge in [-0.3, -0.25) is 4.79 Å². The van der Waals surface area contributed by atoms with Crippen LogP contribution in [0.3, 0.4) is 0 Å². The molecule has 1 aromatic carbocycles. The number of allylic oxidation sites excluding steroid dienone is 1. The van der Waals surface area contributed by atoms with Crippen molar-refractivity contribution in [2.75, 3.05) is 14.2 Å². The Morgan fingerprint density at radius 1 is 0.966 bits per heavy atom. The molecule has 1 fully saturated rings. The summed E-state index contributed by atoms with van der Waals surface area (Å²) in [5.41, 5.74) is -2.83. The molecule has 5 nitrogen and oxygen atoms in total. The Labute approximate surface area is 163 Å². The summed E-state index contributed by atoms with van der Waals surface area (Å²) in [5.74, 6) is -11.7. The van der Waals surface area contributed by atoms with Crippen molar-refractivity contribution < 1.29 is 45.8 Å². The fourth-order valence-corrected chi connectivity index (χ4v) is 3.12. The molecule has 0 amide bonds. The first-order valence-electron chi connectivity index (χ1n) is 8.43. The van der Waals surface area contributed by atoms with Crippen LogP contribution in [0.4, 0.5) is 22.0 Å². The van der Waals surface area contributed by atoms with Crippen LogP contribution in [-0.2, 0) is 37.0 Å². The molecule has 0 bridgehead atoms. The van der Waals surface area contributed by atoms with E-state index in [1.165, 1.54) is 0 Å². The zero-order valence-corrected chi connectivity index (χ0v) is 16.1. The number of halogens is 5. The van der Waals surface area contributed by atoms with Crippen molar-refractivity contribution in [2.45, 2.75) is 27.1 Å². The van der Waals surface area contributed by atoms with Crippen molar-refractivity contribution >= 4 is 11.9 Å². The molecule has 1 saturated carbocycles. The molecule has 1 aliphatic carbocycles. The monoisotopic (exact) mass is 422 g/mol. The molecule has 10 heteroatoms. The molecule has 160 valence electrons. The summed E-state index contributed by atoms with van der Waals surface area (Å²) in [4.78, 5) is 23.4. The SMILES string of the molecule is COCc1c(F)c(F)c(COC(=O)[C@@H]2[C@@H](/C=C(\F)C(=O)OC)C2(C)C)c(F)c1F. The number of esters is 2. The molecule has 0 N–H and O–H groups in total. The van der Waals surface area contributed by atoms with Gasteiger partial charge < -0.3 is 14.2 Å². The zero-order chi connectivity index (χ0) is 22.1. The molecular formula is C19H19F5O5. The average molecular weight is 422 g/mol. The molecule has 2 rings (SSSR count). The van der Waals surface area contributed by atoms with Crippen LogP contribution in [0.25, 0.3) is 0 Å². The van der Waals surface area contributed by atoms with Gasteiger partial charge in [-0.15, -0.1) is 0 Å². The quantitative estimate of drug-likeness (QED) is 0.290. The van der Waals surface area contributed by atoms with Crippen LogP contribution in [0.5, 0.6) is 0 Å². The van der Waals surface area contributed by atoms with Crippen molar-refractivity contribution in [3.63, 3.8) is 0 Å². The molecule has 0 saturated heterocycles. The van der Waals surface area contributed by atoms with E-state index in [0.29, 0.717) is 0 Å². The van der Waals surface area contributed by atoms with Gasteiger partial charge in [0.05, 0.1) is 30.8 Å². The van der Waals surface area contributed by atoms with Crippen LogP contribution in [0.15, 0.2) is 11.9 Å². The summed E-state index contributed by atoms with van der Waals surface area (Å²) in [5, 5.41) is 0. The molecule has 2 atom stereocenters. The van der Waals surface area contributed by atoms with E-state index < -0.39 is 82.6 Å². The number of carbonyl (C=O) groups is 2. The maximum absolute atomic E-state index is 14.1. The smallest absolute Gasteiger partial charge is 0.366 e. The van der Waals surface area contributed by atoms with Crippen molar-refractivity contribution in [1.29, 1.82) is 0 Å². The van der Waals surface area contributed by atoms with Crippen LogP contribution in [0.2, 0.25) is 0 Å². The minimum Gasteiger partial charge on any atom is -0.464 e. The van der Waals surface area contributed by atoms with Crippen LogP contribution < -0.4 is 0 Å². The van der Waals surface area contributed by atoms with E-state index in [9.17, 15) is 31.5 Å². The molecule has 0 spiro atoms. The van der Waals surface area contributed by atoms with Gasteiger partial charge in [-0.05, 0) is 17.4 Å². The average Bonchev–Trinajstić information content (AvgIpc) is 3.22. The number of hydrogen-bond donors (Lipinski definition) is 0. The van der Waals surface area contributed by atoms with Crippen molar-refractivity contribution in [1.82, 2.24) is 0 Å². The lowest BCUT2D eigenvalue weighted by molar-refractivity contribution is -0.147. The lowest BCUT2D eigenvalue weighted by Gasteiger charge is -2.12. The molecule has 29 heavy (non-hydrogen) atoms. The van der Waals surface area contributed by atoms with Gasteiger partial charge in [0.1, 0.15) is 6.61 Å². The molecule has 1 aliphatic rings. The minimum atomic E-state index is -1.70. The molecule has 0 aromatic heterocycles. The fraction of sp³-hybridized carbons (Fsp3) is 0.474. The third kappa shape index (κ3) is 4.26. The Balaban J connectivity index is 2.17. The topological polar surface area (TPSA) is 61.8 Å². The van der Waals surface area contributed by atoms with E-state index >= 15 is 0 Å². The number of hydrogen-bond acceptors (Lipinski definition) is 5. The number of benzene rings is 1. The fourth-order valence-electron chi connectivity index (χ4n) is 3.12. The Morgan fingerprint density at radius 3 is 1.90 bits per heavy atom. The zero-order valence-electron chi connectivity index (χ0n) is 16.1. The standard InChI is InChI=1S/C19H19F5O5/c1-19(2)10(5-11(20)17(25)28-4)12(19)18(26)29-7-9-15(23)13(21)8(6-27-3)14(22)16(9)24/h5,10,12H,6-7H2,1-4H3/b11-5-/t10-,12+/m1/s1. The maximum atomic E-state index is 14.1. The molecule has 0 heterocycles. The van der Waals surface area contributed by atoms with Gasteiger partial charge in [0.15, 0.2) is 23.3 Å². The van der Waals surface area contributed by atoms with Gasteiger partial charge in [-0.2, -0.15) is 4.39 Å². The number of carbonyl (C=O) groups excluding carboxylic acids is 2. The predicted octanol–water partition coefficient (Wildman–Crippen LogP) is 3.73. The Morgan fingerprint density at radius 2 is 1.45 bits per heavy atom. The first-order chi connectivity index (χ1) is 13.5. The van der Waals surface area contributed by atoms with Crippen molar-refractivity contribution in [3.05, 3.63) is 46.3 Å². The van der Waals surface area contributed by atoms with Crippen LogP contribution in [0, 0.1) is 40.5 Å². The Hall–Kier alpha value is -2.49. The molecule has 0 radical (unpaired) electrons. The summed E-state index contributed by atoms with van der Waals surface area (Å²) >= 11 is 0. The third-order valence-corrected chi connectivity index (χ3v) is 4.96. The predicted molar refractivity (Wildman–Crippen MR) is 88.8 cm³/mol. The van der Waals surface area contributed by atoms with Gasteiger partial charge in [-0.1, -0.05) is 13.8 Å². The van der Waals surface area contributed by atoms with E-state index in [1.54, 1.807) is 13.8 Å². The lowest BCUT2D eigenvalue weighted by Crippen LogP contribution is -2.15. The highest BCUT2D eigenvalue weighted by Gasteiger charge is 2.62. The summed E-state index contributed by atoms with van der Waals surface area (Å²) in [6.45, 7) is 1.41. The molecule has 0 aliphatic heterocycles. The van der Waals surface area contributed by atoms with Crippen LogP contribution in [0.1, 0.15) is 25.0 Å². The summed E-state index contributed by atoms with van der Waals surface area (Å²) in [6, 6.07) is 0. The molecular weight excluding hydrogens is 403 g/mol. The molecule has 1 aromatic rings. The third-order valence-electron chi connectivity index (χ3n) is 4.96. The maximum Gasteiger partial charge on any atom is 0.366 e. The molecule has 0 unspecified atom stereocenters. The van der Waals surface area contributed by atoms with Crippen LogP contribution >= 0.6 is 0 Å². The second kappa shape index (κ2) is 8.48. The lowest BCUT2D eigenvalue weighted by atomic mass is 10.1. The van der Waals surface area contributed by atoms with E-state index in [4.69, 9.17) is 4.74 Å². The Bertz CT molecular complexity index is 836. The normalized spacial score (nSPS) is 20.4. The first-order valence-corrected chi connectivity index (χ1v) is 8.43.